The first-order valence-electron chi connectivity index (χ1n) is 13.9. The van der Waals surface area contributed by atoms with E-state index >= 15 is 0 Å². The number of anilines is 5. The molecule has 0 fully saturated rings. The van der Waals surface area contributed by atoms with Gasteiger partial charge in [0.05, 0.1) is 34.4 Å². The van der Waals surface area contributed by atoms with Gasteiger partial charge in [-0.05, 0) is 79.2 Å². The molecule has 42 heavy (non-hydrogen) atoms. The molecule has 0 bridgehead atoms. The Labute approximate surface area is 243 Å². The first-order chi connectivity index (χ1) is 20.8. The fourth-order valence-corrected chi connectivity index (χ4v) is 5.84. The standard InChI is InChI=1S/C36H24N4O2/c37-22-24-17-19-26(39-28-9-1-5-13-32(28)41-33-14-6-2-10-29(33)39)21-27(24)25-18-20-36(38-23-25)40-30-11-3-7-15-34(30)42-35-16-8-4-12-31(35)40/h1-7,9-15,17-21,23H,8,16H2. The number of allylic oxidation sites excluding steroid dienone is 3. The summed E-state index contributed by atoms with van der Waals surface area (Å²) >= 11 is 0. The molecule has 1 aromatic heterocycles. The second-order valence-electron chi connectivity index (χ2n) is 10.3. The lowest BCUT2D eigenvalue weighted by Crippen LogP contribution is -2.25. The van der Waals surface area contributed by atoms with E-state index in [0.717, 1.165) is 81.2 Å². The van der Waals surface area contributed by atoms with Crippen LogP contribution in [0.1, 0.15) is 18.4 Å². The summed E-state index contributed by atoms with van der Waals surface area (Å²) in [5.74, 6) is 4.13. The van der Waals surface area contributed by atoms with E-state index in [1.165, 1.54) is 0 Å². The van der Waals surface area contributed by atoms with Crippen LogP contribution >= 0.6 is 0 Å². The van der Waals surface area contributed by atoms with Gasteiger partial charge in [0.25, 0.3) is 0 Å². The third-order valence-corrected chi connectivity index (χ3v) is 7.78. The molecule has 6 heteroatoms. The zero-order valence-corrected chi connectivity index (χ0v) is 22.6. The largest absolute Gasteiger partial charge is 0.457 e. The van der Waals surface area contributed by atoms with Crippen molar-refractivity contribution in [2.24, 2.45) is 0 Å². The summed E-state index contributed by atoms with van der Waals surface area (Å²) in [5.41, 5.74) is 7.03. The second-order valence-corrected chi connectivity index (χ2v) is 10.3. The summed E-state index contributed by atoms with van der Waals surface area (Å²) < 4.78 is 12.4. The summed E-state index contributed by atoms with van der Waals surface area (Å²) in [7, 11) is 0. The van der Waals surface area contributed by atoms with E-state index in [1.54, 1.807) is 0 Å². The quantitative estimate of drug-likeness (QED) is 0.221. The number of pyridine rings is 1. The average Bonchev–Trinajstić information content (AvgIpc) is 3.06. The van der Waals surface area contributed by atoms with Gasteiger partial charge in [0.1, 0.15) is 11.6 Å². The van der Waals surface area contributed by atoms with Crippen LogP contribution < -0.4 is 19.3 Å². The molecule has 0 unspecified atom stereocenters. The number of ether oxygens (including phenoxy) is 2. The number of benzene rings is 4. The fraction of sp³-hybridized carbons (Fsp3) is 0.0556. The van der Waals surface area contributed by atoms with Gasteiger partial charge >= 0.3 is 0 Å². The van der Waals surface area contributed by atoms with Gasteiger partial charge < -0.3 is 14.4 Å². The molecule has 6 nitrogen and oxygen atoms in total. The molecule has 200 valence electrons. The number of hydrogen-bond donors (Lipinski definition) is 0. The second kappa shape index (κ2) is 9.69. The van der Waals surface area contributed by atoms with Crippen molar-refractivity contribution in [1.82, 2.24) is 4.98 Å². The first kappa shape index (κ1) is 24.0. The average molecular weight is 545 g/mol. The van der Waals surface area contributed by atoms with Gasteiger partial charge in [-0.15, -0.1) is 0 Å². The SMILES string of the molecule is N#Cc1ccc(N2c3ccccc3Oc3ccccc32)cc1-c1ccc(N2C3=C(CCC=C3)Oc3ccccc32)nc1. The van der Waals surface area contributed by atoms with Gasteiger partial charge in [-0.2, -0.15) is 5.26 Å². The lowest BCUT2D eigenvalue weighted by Gasteiger charge is -2.34. The van der Waals surface area contributed by atoms with Gasteiger partial charge in [-0.25, -0.2) is 4.98 Å². The number of para-hydroxylation sites is 6. The lowest BCUT2D eigenvalue weighted by molar-refractivity contribution is 0.388. The monoisotopic (exact) mass is 544 g/mol. The van der Waals surface area contributed by atoms with Crippen LogP contribution in [-0.2, 0) is 0 Å². The van der Waals surface area contributed by atoms with Crippen molar-refractivity contribution in [1.29, 1.82) is 5.26 Å². The third kappa shape index (κ3) is 3.83. The van der Waals surface area contributed by atoms with Crippen LogP contribution in [-0.4, -0.2) is 4.98 Å². The Kier molecular flexibility index (Phi) is 5.54. The van der Waals surface area contributed by atoms with E-state index in [0.29, 0.717) is 5.56 Å². The van der Waals surface area contributed by atoms with Crippen molar-refractivity contribution in [3.63, 3.8) is 0 Å². The summed E-state index contributed by atoms with van der Waals surface area (Å²) in [6, 6.07) is 36.3. The zero-order chi connectivity index (χ0) is 28.0. The number of nitriles is 1. The van der Waals surface area contributed by atoms with Crippen molar-refractivity contribution in [2.45, 2.75) is 12.8 Å². The predicted octanol–water partition coefficient (Wildman–Crippen LogP) is 9.29. The number of fused-ring (bicyclic) bond motifs is 3. The highest BCUT2D eigenvalue weighted by molar-refractivity contribution is 5.88. The van der Waals surface area contributed by atoms with Crippen molar-refractivity contribution in [3.8, 4) is 34.4 Å². The molecule has 3 heterocycles. The van der Waals surface area contributed by atoms with Crippen molar-refractivity contribution >= 4 is 28.6 Å². The molecule has 0 N–H and O–H groups in total. The van der Waals surface area contributed by atoms with Crippen molar-refractivity contribution in [2.75, 3.05) is 9.80 Å². The maximum atomic E-state index is 10.1. The predicted molar refractivity (Wildman–Crippen MR) is 164 cm³/mol. The molecule has 0 saturated heterocycles. The van der Waals surface area contributed by atoms with E-state index in [9.17, 15) is 5.26 Å². The molecule has 5 aromatic rings. The molecule has 0 radical (unpaired) electrons. The molecule has 8 rings (SSSR count). The normalized spacial score (nSPS) is 14.5. The molecular weight excluding hydrogens is 520 g/mol. The summed E-state index contributed by atoms with van der Waals surface area (Å²) in [5, 5.41) is 10.1. The highest BCUT2D eigenvalue weighted by Crippen LogP contribution is 2.51. The van der Waals surface area contributed by atoms with E-state index in [1.807, 2.05) is 103 Å². The number of aromatic nitrogens is 1. The first-order valence-corrected chi connectivity index (χ1v) is 13.9. The Hall–Kier alpha value is -5.80. The number of rotatable bonds is 3. The van der Waals surface area contributed by atoms with E-state index < -0.39 is 0 Å². The molecule has 4 aromatic carbocycles. The molecule has 3 aliphatic rings. The maximum Gasteiger partial charge on any atom is 0.151 e. The van der Waals surface area contributed by atoms with E-state index in [2.05, 4.69) is 34.1 Å². The van der Waals surface area contributed by atoms with Crippen molar-refractivity contribution in [3.05, 3.63) is 138 Å². The molecule has 0 saturated carbocycles. The Balaban J connectivity index is 1.22. The van der Waals surface area contributed by atoms with Crippen LogP contribution in [0.25, 0.3) is 11.1 Å². The Morgan fingerprint density at radius 1 is 0.714 bits per heavy atom. The Bertz CT molecular complexity index is 1920. The van der Waals surface area contributed by atoms with Gasteiger partial charge in [0, 0.05) is 29.4 Å². The summed E-state index contributed by atoms with van der Waals surface area (Å²) in [6.07, 6.45) is 7.93. The molecule has 1 aliphatic carbocycles. The smallest absolute Gasteiger partial charge is 0.151 e. The fourth-order valence-electron chi connectivity index (χ4n) is 5.84. The minimum Gasteiger partial charge on any atom is -0.457 e. The topological polar surface area (TPSA) is 61.6 Å². The maximum absolute atomic E-state index is 10.1. The van der Waals surface area contributed by atoms with Crippen LogP contribution in [0.3, 0.4) is 0 Å². The minimum atomic E-state index is 0.583. The van der Waals surface area contributed by atoms with Gasteiger partial charge in [-0.3, -0.25) is 4.90 Å². The molecule has 0 atom stereocenters. The lowest BCUT2D eigenvalue weighted by atomic mass is 9.99. The number of nitrogens with zero attached hydrogens (tertiary/aromatic N) is 4. The van der Waals surface area contributed by atoms with Crippen molar-refractivity contribution < 1.29 is 9.47 Å². The van der Waals surface area contributed by atoms with Crippen LogP contribution in [0.4, 0.5) is 28.6 Å². The highest BCUT2D eigenvalue weighted by atomic mass is 16.5. The summed E-state index contributed by atoms with van der Waals surface area (Å²) in [4.78, 5) is 9.24. The minimum absolute atomic E-state index is 0.583. The zero-order valence-electron chi connectivity index (χ0n) is 22.6. The highest BCUT2D eigenvalue weighted by Gasteiger charge is 2.29. The third-order valence-electron chi connectivity index (χ3n) is 7.78. The Morgan fingerprint density at radius 3 is 2.05 bits per heavy atom. The van der Waals surface area contributed by atoms with Crippen LogP contribution in [0.15, 0.2) is 133 Å². The number of hydrogen-bond acceptors (Lipinski definition) is 6. The van der Waals surface area contributed by atoms with Crippen LogP contribution in [0.2, 0.25) is 0 Å². The molecule has 2 aliphatic heterocycles. The molecule has 0 spiro atoms. The van der Waals surface area contributed by atoms with E-state index in [4.69, 9.17) is 14.5 Å². The van der Waals surface area contributed by atoms with E-state index in [-0.39, 0.29) is 0 Å². The van der Waals surface area contributed by atoms with Gasteiger partial charge in [0.15, 0.2) is 17.2 Å². The van der Waals surface area contributed by atoms with Gasteiger partial charge in [0.2, 0.25) is 0 Å². The van der Waals surface area contributed by atoms with Crippen LogP contribution in [0, 0.1) is 11.3 Å². The molecule has 0 amide bonds. The molecular formula is C36H24N4O2. The van der Waals surface area contributed by atoms with Crippen LogP contribution in [0.5, 0.6) is 17.2 Å². The summed E-state index contributed by atoms with van der Waals surface area (Å²) in [6.45, 7) is 0. The van der Waals surface area contributed by atoms with Gasteiger partial charge in [-0.1, -0.05) is 42.5 Å². The Morgan fingerprint density at radius 2 is 1.38 bits per heavy atom.